The van der Waals surface area contributed by atoms with Gasteiger partial charge in [0.25, 0.3) is 0 Å². The molecule has 0 atom stereocenters. The zero-order chi connectivity index (χ0) is 20.1. The molecule has 1 aliphatic carbocycles. The van der Waals surface area contributed by atoms with Gasteiger partial charge in [0.05, 0.1) is 12.4 Å². The van der Waals surface area contributed by atoms with Gasteiger partial charge in [0.15, 0.2) is 0 Å². The maximum atomic E-state index is 12.3. The molecule has 0 aliphatic heterocycles. The maximum Gasteiger partial charge on any atom is 0.348 e. The van der Waals surface area contributed by atoms with E-state index >= 15 is 0 Å². The van der Waals surface area contributed by atoms with Crippen LogP contribution in [0.5, 0.6) is 0 Å². The number of fused-ring (bicyclic) bond motifs is 1. The number of esters is 1. The van der Waals surface area contributed by atoms with Crippen molar-refractivity contribution < 1.29 is 14.3 Å². The molecule has 3 rings (SSSR count). The molecule has 1 saturated carbocycles. The molecule has 0 unspecified atom stereocenters. The van der Waals surface area contributed by atoms with Crippen LogP contribution in [-0.2, 0) is 9.53 Å². The van der Waals surface area contributed by atoms with E-state index < -0.39 is 0 Å². The van der Waals surface area contributed by atoms with Gasteiger partial charge >= 0.3 is 5.97 Å². The third-order valence-electron chi connectivity index (χ3n) is 4.98. The Morgan fingerprint density at radius 2 is 1.96 bits per heavy atom. The van der Waals surface area contributed by atoms with Crippen LogP contribution in [0.15, 0.2) is 5.03 Å². The van der Waals surface area contributed by atoms with Gasteiger partial charge in [-0.1, -0.05) is 31.0 Å². The van der Waals surface area contributed by atoms with E-state index in [2.05, 4.69) is 15.3 Å². The maximum absolute atomic E-state index is 12.3. The first-order valence-corrected chi connectivity index (χ1v) is 11.6. The second-order valence-electron chi connectivity index (χ2n) is 7.13. The highest BCUT2D eigenvalue weighted by atomic mass is 32.2. The highest BCUT2D eigenvalue weighted by molar-refractivity contribution is 8.00. The second-order valence-corrected chi connectivity index (χ2v) is 9.09. The molecule has 28 heavy (non-hydrogen) atoms. The molecular weight excluding hydrogens is 394 g/mol. The highest BCUT2D eigenvalue weighted by Gasteiger charge is 2.21. The monoisotopic (exact) mass is 421 g/mol. The number of rotatable bonds is 7. The number of carbonyl (C=O) groups excluding carboxylic acids is 2. The van der Waals surface area contributed by atoms with Gasteiger partial charge in [-0.25, -0.2) is 14.8 Å². The lowest BCUT2D eigenvalue weighted by Gasteiger charge is -2.21. The number of nitrogens with one attached hydrogen (secondary N) is 1. The summed E-state index contributed by atoms with van der Waals surface area (Å²) >= 11 is 2.73. The summed E-state index contributed by atoms with van der Waals surface area (Å²) in [5.41, 5.74) is 0.823. The number of amides is 1. The fraction of sp³-hybridized carbons (Fsp3) is 0.600. The molecule has 0 aromatic carbocycles. The predicted molar refractivity (Wildman–Crippen MR) is 113 cm³/mol. The number of nitrogens with zero attached hydrogens (tertiary/aromatic N) is 2. The Balaban J connectivity index is 1.69. The Morgan fingerprint density at radius 1 is 1.21 bits per heavy atom. The number of carbonyl (C=O) groups is 2. The van der Waals surface area contributed by atoms with E-state index in [1.54, 1.807) is 6.92 Å². The van der Waals surface area contributed by atoms with Crippen LogP contribution < -0.4 is 5.32 Å². The van der Waals surface area contributed by atoms with Crippen molar-refractivity contribution in [2.24, 2.45) is 5.92 Å². The van der Waals surface area contributed by atoms with E-state index in [9.17, 15) is 9.59 Å². The Labute approximate surface area is 173 Å². The van der Waals surface area contributed by atoms with Crippen LogP contribution in [0.1, 0.15) is 60.1 Å². The Bertz CT molecular complexity index is 860. The number of thioether (sulfide) groups is 1. The van der Waals surface area contributed by atoms with Gasteiger partial charge in [-0.2, -0.15) is 0 Å². The molecule has 0 radical (unpaired) electrons. The molecule has 1 amide bonds. The van der Waals surface area contributed by atoms with Crippen molar-refractivity contribution in [1.82, 2.24) is 15.3 Å². The van der Waals surface area contributed by atoms with Crippen molar-refractivity contribution >= 4 is 45.2 Å². The molecule has 152 valence electrons. The van der Waals surface area contributed by atoms with E-state index in [0.29, 0.717) is 29.0 Å². The summed E-state index contributed by atoms with van der Waals surface area (Å²) in [4.78, 5) is 34.8. The van der Waals surface area contributed by atoms with Crippen molar-refractivity contribution in [2.45, 2.75) is 57.9 Å². The summed E-state index contributed by atoms with van der Waals surface area (Å²) in [6, 6.07) is 0. The Kier molecular flexibility index (Phi) is 7.29. The molecule has 6 nitrogen and oxygen atoms in total. The molecule has 1 N–H and O–H groups in total. The zero-order valence-electron chi connectivity index (χ0n) is 16.7. The van der Waals surface area contributed by atoms with Crippen LogP contribution in [-0.4, -0.2) is 40.7 Å². The lowest BCUT2D eigenvalue weighted by Crippen LogP contribution is -2.31. The molecule has 8 heteroatoms. The molecule has 1 fully saturated rings. The molecule has 1 aliphatic rings. The van der Waals surface area contributed by atoms with Crippen molar-refractivity contribution in [3.63, 3.8) is 0 Å². The minimum absolute atomic E-state index is 0.0264. The third-order valence-corrected chi connectivity index (χ3v) is 7.12. The van der Waals surface area contributed by atoms with Crippen LogP contribution >= 0.6 is 23.1 Å². The number of thiophene rings is 1. The Hall–Kier alpha value is -1.67. The molecular formula is C20H27N3O3S2. The summed E-state index contributed by atoms with van der Waals surface area (Å²) in [6.45, 7) is 6.60. The summed E-state index contributed by atoms with van der Waals surface area (Å²) in [6.07, 6.45) is 6.28. The van der Waals surface area contributed by atoms with Crippen LogP contribution in [0.4, 0.5) is 0 Å². The molecule has 0 bridgehead atoms. The average molecular weight is 422 g/mol. The normalized spacial score (nSPS) is 15.0. The standard InChI is InChI=1S/C20H27N3O3S2/c1-4-26-20(25)17-12(2)16-18(22-13(3)23-19(16)28-17)27-11-15(24)21-10-14-8-6-5-7-9-14/h14H,4-11H2,1-3H3,(H,21,24). The van der Waals surface area contributed by atoms with Crippen LogP contribution in [0.2, 0.25) is 0 Å². The zero-order valence-corrected chi connectivity index (χ0v) is 18.3. The smallest absolute Gasteiger partial charge is 0.348 e. The van der Waals surface area contributed by atoms with Crippen LogP contribution in [0.3, 0.4) is 0 Å². The Morgan fingerprint density at radius 3 is 2.68 bits per heavy atom. The van der Waals surface area contributed by atoms with E-state index in [1.807, 2.05) is 13.8 Å². The lowest BCUT2D eigenvalue weighted by atomic mass is 9.89. The molecule has 0 saturated heterocycles. The third kappa shape index (κ3) is 5.03. The van der Waals surface area contributed by atoms with E-state index in [-0.39, 0.29) is 11.9 Å². The average Bonchev–Trinajstić information content (AvgIpc) is 3.02. The van der Waals surface area contributed by atoms with E-state index in [4.69, 9.17) is 4.74 Å². The first kappa shape index (κ1) is 21.0. The van der Waals surface area contributed by atoms with Crippen molar-refractivity contribution in [3.8, 4) is 0 Å². The number of aryl methyl sites for hydroxylation is 2. The first-order valence-electron chi connectivity index (χ1n) is 9.84. The number of hydrogen-bond donors (Lipinski definition) is 1. The van der Waals surface area contributed by atoms with Gasteiger partial charge in [-0.3, -0.25) is 4.79 Å². The molecule has 2 aromatic rings. The summed E-state index contributed by atoms with van der Waals surface area (Å²) in [7, 11) is 0. The van der Waals surface area contributed by atoms with E-state index in [0.717, 1.165) is 27.4 Å². The van der Waals surface area contributed by atoms with Gasteiger partial charge < -0.3 is 10.1 Å². The lowest BCUT2D eigenvalue weighted by molar-refractivity contribution is -0.118. The van der Waals surface area contributed by atoms with Crippen molar-refractivity contribution in [1.29, 1.82) is 0 Å². The van der Waals surface area contributed by atoms with Gasteiger partial charge in [0.1, 0.15) is 20.6 Å². The number of ether oxygens (including phenoxy) is 1. The highest BCUT2D eigenvalue weighted by Crippen LogP contribution is 2.36. The predicted octanol–water partition coefficient (Wildman–Crippen LogP) is 4.27. The van der Waals surface area contributed by atoms with Gasteiger partial charge in [-0.15, -0.1) is 11.3 Å². The fourth-order valence-electron chi connectivity index (χ4n) is 3.53. The van der Waals surface area contributed by atoms with Crippen LogP contribution in [0, 0.1) is 19.8 Å². The minimum Gasteiger partial charge on any atom is -0.462 e. The summed E-state index contributed by atoms with van der Waals surface area (Å²) in [5, 5.41) is 4.67. The van der Waals surface area contributed by atoms with Gasteiger partial charge in [0, 0.05) is 11.9 Å². The molecule has 2 aromatic heterocycles. The largest absolute Gasteiger partial charge is 0.462 e. The van der Waals surface area contributed by atoms with E-state index in [1.165, 1.54) is 55.2 Å². The molecule has 2 heterocycles. The molecule has 0 spiro atoms. The fourth-order valence-corrected chi connectivity index (χ4v) is 5.68. The minimum atomic E-state index is -0.332. The van der Waals surface area contributed by atoms with Crippen molar-refractivity contribution in [3.05, 3.63) is 16.3 Å². The van der Waals surface area contributed by atoms with Crippen LogP contribution in [0.25, 0.3) is 10.2 Å². The SMILES string of the molecule is CCOC(=O)c1sc2nc(C)nc(SCC(=O)NCC3CCCCC3)c2c1C. The summed E-state index contributed by atoms with van der Waals surface area (Å²) in [5.74, 6) is 1.25. The van der Waals surface area contributed by atoms with Gasteiger partial charge in [-0.05, 0) is 45.1 Å². The topological polar surface area (TPSA) is 81.2 Å². The summed E-state index contributed by atoms with van der Waals surface area (Å²) < 4.78 is 5.15. The van der Waals surface area contributed by atoms with Crippen molar-refractivity contribution in [2.75, 3.05) is 18.9 Å². The number of hydrogen-bond acceptors (Lipinski definition) is 7. The van der Waals surface area contributed by atoms with Gasteiger partial charge in [0.2, 0.25) is 5.91 Å². The quantitative estimate of drug-likeness (QED) is 0.408. The second kappa shape index (κ2) is 9.69. The number of aromatic nitrogens is 2. The first-order chi connectivity index (χ1) is 13.5.